The first-order valence-corrected chi connectivity index (χ1v) is 7.31. The molecule has 2 rings (SSSR count). The molecule has 0 unspecified atom stereocenters. The first-order chi connectivity index (χ1) is 10.6. The fraction of sp³-hybridized carbons (Fsp3) is 0.375. The predicted molar refractivity (Wildman–Crippen MR) is 82.5 cm³/mol. The lowest BCUT2D eigenvalue weighted by molar-refractivity contribution is -0.753. The summed E-state index contributed by atoms with van der Waals surface area (Å²) in [6.45, 7) is 1.75. The van der Waals surface area contributed by atoms with Crippen LogP contribution in [-0.4, -0.2) is 28.9 Å². The van der Waals surface area contributed by atoms with E-state index >= 15 is 0 Å². The molecule has 1 aromatic heterocycles. The van der Waals surface area contributed by atoms with Gasteiger partial charge in [-0.2, -0.15) is 4.68 Å². The number of aromatic nitrogens is 2. The summed E-state index contributed by atoms with van der Waals surface area (Å²) in [7, 11) is 2.00. The lowest BCUT2D eigenvalue weighted by Crippen LogP contribution is -2.38. The Labute approximate surface area is 129 Å². The van der Waals surface area contributed by atoms with E-state index in [0.29, 0.717) is 12.3 Å². The molecular weight excluding hydrogens is 282 g/mol. The third kappa shape index (κ3) is 4.33. The second kappa shape index (κ2) is 7.61. The molecule has 2 aromatic rings. The molecule has 0 saturated carbocycles. The van der Waals surface area contributed by atoms with E-state index in [4.69, 9.17) is 15.6 Å². The summed E-state index contributed by atoms with van der Waals surface area (Å²) in [4.78, 5) is 10.4. The van der Waals surface area contributed by atoms with Crippen LogP contribution < -0.4 is 15.2 Å². The fourth-order valence-electron chi connectivity index (χ4n) is 2.18. The number of rotatable bonds is 8. The van der Waals surface area contributed by atoms with E-state index in [9.17, 15) is 4.79 Å². The molecule has 0 bridgehead atoms. The van der Waals surface area contributed by atoms with Crippen molar-refractivity contribution >= 4 is 5.97 Å². The van der Waals surface area contributed by atoms with Crippen LogP contribution in [0.5, 0.6) is 5.75 Å². The third-order valence-corrected chi connectivity index (χ3v) is 3.38. The van der Waals surface area contributed by atoms with Gasteiger partial charge in [0.1, 0.15) is 5.75 Å². The summed E-state index contributed by atoms with van der Waals surface area (Å²) in [5.74, 6) is -0.181. The molecule has 0 amide bonds. The molecule has 1 aromatic carbocycles. The second-order valence-corrected chi connectivity index (χ2v) is 5.11. The monoisotopic (exact) mass is 304 g/mol. The zero-order valence-corrected chi connectivity index (χ0v) is 12.7. The van der Waals surface area contributed by atoms with Crippen LogP contribution in [0.25, 0.3) is 11.1 Å². The minimum atomic E-state index is -0.858. The van der Waals surface area contributed by atoms with E-state index in [1.54, 1.807) is 0 Å². The van der Waals surface area contributed by atoms with E-state index in [0.717, 1.165) is 24.1 Å². The quantitative estimate of drug-likeness (QED) is 0.718. The first kappa shape index (κ1) is 16.0. The molecule has 0 fully saturated rings. The molecule has 0 aliphatic rings. The highest BCUT2D eigenvalue weighted by molar-refractivity contribution is 5.66. The molecule has 0 aliphatic carbocycles. The standard InChI is InChI=1S/C16H21N3O3/c1-18-11-14(12-19(18)9-2-8-17)13-3-5-15(6-4-13)22-10-7-16(20)21/h3-6,11-12H,2,7-10,17H2,1H3/p+1. The number of hydrogen-bond donors (Lipinski definition) is 2. The lowest BCUT2D eigenvalue weighted by atomic mass is 10.1. The smallest absolute Gasteiger partial charge is 0.306 e. The van der Waals surface area contributed by atoms with Crippen LogP contribution in [-0.2, 0) is 18.4 Å². The Morgan fingerprint density at radius 1 is 1.32 bits per heavy atom. The van der Waals surface area contributed by atoms with Gasteiger partial charge in [-0.15, -0.1) is 4.68 Å². The zero-order chi connectivity index (χ0) is 15.9. The van der Waals surface area contributed by atoms with Crippen LogP contribution in [0.15, 0.2) is 36.7 Å². The maximum Gasteiger partial charge on any atom is 0.306 e. The Balaban J connectivity index is 2.02. The number of aliphatic carboxylic acids is 1. The topological polar surface area (TPSA) is 81.4 Å². The van der Waals surface area contributed by atoms with Gasteiger partial charge in [0, 0.05) is 0 Å². The first-order valence-electron chi connectivity index (χ1n) is 7.31. The number of aryl methyl sites for hydroxylation is 2. The number of hydrogen-bond acceptors (Lipinski definition) is 3. The molecule has 0 saturated heterocycles. The van der Waals surface area contributed by atoms with Gasteiger partial charge in [-0.3, -0.25) is 4.79 Å². The highest BCUT2D eigenvalue weighted by Gasteiger charge is 2.10. The molecule has 1 heterocycles. The maximum absolute atomic E-state index is 10.4. The SMILES string of the molecule is C[n+]1cc(-c2ccc(OCCC(=O)O)cc2)cn1CCCN. The Kier molecular flexibility index (Phi) is 5.55. The normalized spacial score (nSPS) is 10.6. The molecule has 22 heavy (non-hydrogen) atoms. The highest BCUT2D eigenvalue weighted by Crippen LogP contribution is 2.21. The van der Waals surface area contributed by atoms with E-state index < -0.39 is 5.97 Å². The van der Waals surface area contributed by atoms with Crippen LogP contribution in [0, 0.1) is 0 Å². The van der Waals surface area contributed by atoms with Gasteiger partial charge in [0.05, 0.1) is 31.3 Å². The summed E-state index contributed by atoms with van der Waals surface area (Å²) in [5, 5.41) is 8.58. The summed E-state index contributed by atoms with van der Waals surface area (Å²) in [5.41, 5.74) is 7.76. The molecule has 0 radical (unpaired) electrons. The van der Waals surface area contributed by atoms with Crippen LogP contribution in [0.1, 0.15) is 12.8 Å². The van der Waals surface area contributed by atoms with Crippen molar-refractivity contribution in [1.82, 2.24) is 4.68 Å². The second-order valence-electron chi connectivity index (χ2n) is 5.11. The van der Waals surface area contributed by atoms with Gasteiger partial charge in [0.25, 0.3) is 0 Å². The molecule has 3 N–H and O–H groups in total. The number of nitrogens with zero attached hydrogens (tertiary/aromatic N) is 2. The van der Waals surface area contributed by atoms with Crippen molar-refractivity contribution in [1.29, 1.82) is 0 Å². The van der Waals surface area contributed by atoms with E-state index in [1.807, 2.05) is 36.0 Å². The Morgan fingerprint density at radius 2 is 2.05 bits per heavy atom. The highest BCUT2D eigenvalue weighted by atomic mass is 16.5. The van der Waals surface area contributed by atoms with Crippen LogP contribution in [0.3, 0.4) is 0 Å². The zero-order valence-electron chi connectivity index (χ0n) is 12.7. The summed E-state index contributed by atoms with van der Waals surface area (Å²) < 4.78 is 9.55. The van der Waals surface area contributed by atoms with E-state index in [2.05, 4.69) is 17.1 Å². The number of benzene rings is 1. The molecular formula is C16H22N3O3+. The van der Waals surface area contributed by atoms with Crippen molar-refractivity contribution in [3.8, 4) is 16.9 Å². The Morgan fingerprint density at radius 3 is 2.68 bits per heavy atom. The van der Waals surface area contributed by atoms with E-state index in [1.165, 1.54) is 0 Å². The largest absolute Gasteiger partial charge is 0.493 e. The predicted octanol–water partition coefficient (Wildman–Crippen LogP) is 1.18. The number of ether oxygens (including phenoxy) is 1. The average Bonchev–Trinajstić information content (AvgIpc) is 2.86. The molecule has 0 spiro atoms. The van der Waals surface area contributed by atoms with Crippen LogP contribution in [0.4, 0.5) is 0 Å². The molecule has 0 aliphatic heterocycles. The van der Waals surface area contributed by atoms with Gasteiger partial charge in [-0.25, -0.2) is 0 Å². The molecule has 0 atom stereocenters. The number of carboxylic acids is 1. The van der Waals surface area contributed by atoms with Crippen molar-refractivity contribution in [2.45, 2.75) is 19.4 Å². The lowest BCUT2D eigenvalue weighted by Gasteiger charge is -2.04. The third-order valence-electron chi connectivity index (χ3n) is 3.38. The van der Waals surface area contributed by atoms with Gasteiger partial charge in [0.15, 0.2) is 7.05 Å². The summed E-state index contributed by atoms with van der Waals surface area (Å²) in [6.07, 6.45) is 5.10. The Bertz CT molecular complexity index is 620. The number of nitrogens with two attached hydrogens (primary N) is 1. The van der Waals surface area contributed by atoms with Gasteiger partial charge in [-0.1, -0.05) is 12.1 Å². The van der Waals surface area contributed by atoms with E-state index in [-0.39, 0.29) is 13.0 Å². The molecule has 6 heteroatoms. The van der Waals surface area contributed by atoms with Gasteiger partial charge < -0.3 is 15.6 Å². The summed E-state index contributed by atoms with van der Waals surface area (Å²) >= 11 is 0. The minimum Gasteiger partial charge on any atom is -0.493 e. The van der Waals surface area contributed by atoms with Crippen molar-refractivity contribution in [2.24, 2.45) is 12.8 Å². The maximum atomic E-state index is 10.4. The summed E-state index contributed by atoms with van der Waals surface area (Å²) in [6, 6.07) is 7.65. The van der Waals surface area contributed by atoms with Crippen molar-refractivity contribution in [3.63, 3.8) is 0 Å². The van der Waals surface area contributed by atoms with Gasteiger partial charge in [0.2, 0.25) is 6.20 Å². The number of carbonyl (C=O) groups is 1. The van der Waals surface area contributed by atoms with Crippen LogP contribution in [0.2, 0.25) is 0 Å². The molecule has 118 valence electrons. The van der Waals surface area contributed by atoms with Crippen molar-refractivity contribution in [3.05, 3.63) is 36.7 Å². The minimum absolute atomic E-state index is 0.00157. The Hall–Kier alpha value is -2.34. The fourth-order valence-corrected chi connectivity index (χ4v) is 2.18. The van der Waals surface area contributed by atoms with Gasteiger partial charge >= 0.3 is 5.97 Å². The van der Waals surface area contributed by atoms with Gasteiger partial charge in [-0.05, 0) is 30.7 Å². The average molecular weight is 304 g/mol. The van der Waals surface area contributed by atoms with Crippen molar-refractivity contribution in [2.75, 3.05) is 13.2 Å². The van der Waals surface area contributed by atoms with Crippen molar-refractivity contribution < 1.29 is 19.3 Å². The molecule has 6 nitrogen and oxygen atoms in total. The van der Waals surface area contributed by atoms with Crippen LogP contribution >= 0.6 is 0 Å². The number of carboxylic acid groups (broad SMARTS) is 1.